The van der Waals surface area contributed by atoms with Gasteiger partial charge in [0.2, 0.25) is 0 Å². The van der Waals surface area contributed by atoms with Gasteiger partial charge < -0.3 is 10.1 Å². The first-order valence-corrected chi connectivity index (χ1v) is 9.99. The van der Waals surface area contributed by atoms with Gasteiger partial charge in [-0.1, -0.05) is 29.8 Å². The molecule has 0 saturated heterocycles. The Balaban J connectivity index is 1.31. The highest BCUT2D eigenvalue weighted by molar-refractivity contribution is 6.31. The monoisotopic (exact) mass is 395 g/mol. The van der Waals surface area contributed by atoms with Gasteiger partial charge in [0.05, 0.1) is 5.41 Å². The van der Waals surface area contributed by atoms with Gasteiger partial charge in [0.15, 0.2) is 6.61 Å². The average molecular weight is 396 g/mol. The molecule has 0 spiro atoms. The van der Waals surface area contributed by atoms with Crippen LogP contribution in [0.15, 0.2) is 24.3 Å². The molecule has 4 atom stereocenters. The topological polar surface area (TPSA) is 55.4 Å². The summed E-state index contributed by atoms with van der Waals surface area (Å²) in [6, 6.07) is 7.33. The van der Waals surface area contributed by atoms with E-state index in [4.69, 9.17) is 27.9 Å². The van der Waals surface area contributed by atoms with E-state index < -0.39 is 5.41 Å². The summed E-state index contributed by atoms with van der Waals surface area (Å²) in [5, 5.41) is 3.35. The van der Waals surface area contributed by atoms with Gasteiger partial charge in [-0.05, 0) is 62.0 Å². The normalized spacial score (nSPS) is 34.5. The minimum atomic E-state index is -0.477. The van der Waals surface area contributed by atoms with Crippen molar-refractivity contribution in [3.05, 3.63) is 34.9 Å². The van der Waals surface area contributed by atoms with Crippen molar-refractivity contribution in [3.63, 3.8) is 0 Å². The molecular weight excluding hydrogens is 373 g/mol. The number of carbonyl (C=O) groups excluding carboxylic acids is 2. The van der Waals surface area contributed by atoms with Gasteiger partial charge in [0.25, 0.3) is 5.91 Å². The Morgan fingerprint density at radius 3 is 2.50 bits per heavy atom. The van der Waals surface area contributed by atoms with Crippen LogP contribution in [-0.2, 0) is 20.9 Å². The van der Waals surface area contributed by atoms with E-state index in [9.17, 15) is 9.59 Å². The zero-order valence-electron chi connectivity index (χ0n) is 14.6. The van der Waals surface area contributed by atoms with E-state index in [1.165, 1.54) is 6.42 Å². The Labute approximate surface area is 163 Å². The molecule has 0 aliphatic heterocycles. The molecule has 1 aromatic rings. The molecule has 4 bridgehead atoms. The number of hydrogen-bond donors (Lipinski definition) is 1. The van der Waals surface area contributed by atoms with E-state index in [0.29, 0.717) is 29.8 Å². The Bertz CT molecular complexity index is 722. The Hall–Kier alpha value is -1.26. The van der Waals surface area contributed by atoms with Crippen LogP contribution in [0.4, 0.5) is 0 Å². The standard InChI is InChI=1S/C20H23Cl2NO3/c21-16-4-2-1-3-15(16)10-23-17(24)11-26-18(25)19-6-13-5-14(7-19)9-20(22,8-13)12-19/h1-4,13-14H,5-12H2,(H,23,24)/t13-,14+,19?,20?. The molecule has 1 aromatic carbocycles. The molecule has 26 heavy (non-hydrogen) atoms. The van der Waals surface area contributed by atoms with Crippen molar-refractivity contribution in [2.45, 2.75) is 49.9 Å². The quantitative estimate of drug-likeness (QED) is 0.603. The van der Waals surface area contributed by atoms with Crippen LogP contribution in [0.3, 0.4) is 0 Å². The van der Waals surface area contributed by atoms with Crippen molar-refractivity contribution in [1.82, 2.24) is 5.32 Å². The van der Waals surface area contributed by atoms with Crippen LogP contribution in [-0.4, -0.2) is 23.4 Å². The van der Waals surface area contributed by atoms with E-state index >= 15 is 0 Å². The number of carbonyl (C=O) groups is 2. The first-order valence-electron chi connectivity index (χ1n) is 9.24. The molecule has 4 nitrogen and oxygen atoms in total. The fourth-order valence-corrected chi connectivity index (χ4v) is 6.46. The van der Waals surface area contributed by atoms with E-state index in [0.717, 1.165) is 31.2 Å². The van der Waals surface area contributed by atoms with E-state index in [-0.39, 0.29) is 23.4 Å². The van der Waals surface area contributed by atoms with E-state index in [1.807, 2.05) is 18.2 Å². The molecule has 2 unspecified atom stereocenters. The van der Waals surface area contributed by atoms with Crippen LogP contribution >= 0.6 is 23.2 Å². The minimum absolute atomic E-state index is 0.241. The first kappa shape index (κ1) is 18.1. The number of esters is 1. The molecule has 1 N–H and O–H groups in total. The largest absolute Gasteiger partial charge is 0.455 e. The molecule has 4 aliphatic rings. The Kier molecular flexibility index (Phi) is 4.68. The summed E-state index contributed by atoms with van der Waals surface area (Å²) in [5.74, 6) is 0.485. The van der Waals surface area contributed by atoms with Crippen molar-refractivity contribution in [3.8, 4) is 0 Å². The third kappa shape index (κ3) is 3.46. The smallest absolute Gasteiger partial charge is 0.312 e. The van der Waals surface area contributed by atoms with Crippen LogP contribution < -0.4 is 5.32 Å². The van der Waals surface area contributed by atoms with Crippen LogP contribution in [0.2, 0.25) is 5.02 Å². The van der Waals surface area contributed by atoms with Gasteiger partial charge >= 0.3 is 5.97 Å². The predicted octanol–water partition coefficient (Wildman–Crippen LogP) is 4.08. The molecule has 4 saturated carbocycles. The molecule has 5 rings (SSSR count). The summed E-state index contributed by atoms with van der Waals surface area (Å²) in [4.78, 5) is 24.6. The zero-order valence-corrected chi connectivity index (χ0v) is 16.1. The summed E-state index contributed by atoms with van der Waals surface area (Å²) in [6.45, 7) is 0.0613. The molecule has 4 fully saturated rings. The fraction of sp³-hybridized carbons (Fsp3) is 0.600. The SMILES string of the molecule is O=C(COC(=O)C12C[C@@H]3C[C@@H](CC(Cl)(C3)C1)C2)NCc1ccccc1Cl. The number of ether oxygens (including phenoxy) is 1. The lowest BCUT2D eigenvalue weighted by molar-refractivity contribution is -0.171. The first-order chi connectivity index (χ1) is 12.4. The van der Waals surface area contributed by atoms with Crippen LogP contribution in [0.25, 0.3) is 0 Å². The van der Waals surface area contributed by atoms with Crippen LogP contribution in [0.1, 0.15) is 44.1 Å². The number of benzene rings is 1. The molecule has 4 aliphatic carbocycles. The lowest BCUT2D eigenvalue weighted by Gasteiger charge is -2.58. The molecule has 0 heterocycles. The third-order valence-electron chi connectivity index (χ3n) is 6.19. The minimum Gasteiger partial charge on any atom is -0.455 e. The van der Waals surface area contributed by atoms with E-state index in [1.54, 1.807) is 6.07 Å². The zero-order chi connectivity index (χ0) is 18.4. The molecule has 140 valence electrons. The number of alkyl halides is 1. The van der Waals surface area contributed by atoms with Gasteiger partial charge in [0, 0.05) is 16.4 Å². The second kappa shape index (κ2) is 6.72. The van der Waals surface area contributed by atoms with Gasteiger partial charge in [-0.3, -0.25) is 9.59 Å². The van der Waals surface area contributed by atoms with Crippen molar-refractivity contribution >= 4 is 35.1 Å². The summed E-state index contributed by atoms with van der Waals surface area (Å²) in [5.41, 5.74) is 0.355. The summed E-state index contributed by atoms with van der Waals surface area (Å²) < 4.78 is 5.41. The maximum absolute atomic E-state index is 12.8. The van der Waals surface area contributed by atoms with Crippen molar-refractivity contribution in [1.29, 1.82) is 0 Å². The molecule has 6 heteroatoms. The summed E-state index contributed by atoms with van der Waals surface area (Å²) >= 11 is 12.8. The maximum atomic E-state index is 12.8. The van der Waals surface area contributed by atoms with Gasteiger partial charge in [-0.15, -0.1) is 11.6 Å². The van der Waals surface area contributed by atoms with Gasteiger partial charge in [0.1, 0.15) is 0 Å². The number of hydrogen-bond acceptors (Lipinski definition) is 3. The van der Waals surface area contributed by atoms with E-state index in [2.05, 4.69) is 5.32 Å². The van der Waals surface area contributed by atoms with Gasteiger partial charge in [-0.25, -0.2) is 0 Å². The number of nitrogens with one attached hydrogen (secondary N) is 1. The second-order valence-electron chi connectivity index (χ2n) is 8.34. The lowest BCUT2D eigenvalue weighted by Crippen LogP contribution is -2.56. The number of amides is 1. The van der Waals surface area contributed by atoms with Gasteiger partial charge in [-0.2, -0.15) is 0 Å². The Morgan fingerprint density at radius 2 is 1.85 bits per heavy atom. The number of halogens is 2. The summed E-state index contributed by atoms with van der Waals surface area (Å²) in [6.07, 6.45) is 5.61. The molecule has 0 radical (unpaired) electrons. The number of rotatable bonds is 5. The van der Waals surface area contributed by atoms with Crippen molar-refractivity contribution < 1.29 is 14.3 Å². The Morgan fingerprint density at radius 1 is 1.15 bits per heavy atom. The summed E-state index contributed by atoms with van der Waals surface area (Å²) in [7, 11) is 0. The maximum Gasteiger partial charge on any atom is 0.312 e. The lowest BCUT2D eigenvalue weighted by atomic mass is 9.49. The second-order valence-corrected chi connectivity index (χ2v) is 9.55. The average Bonchev–Trinajstić information content (AvgIpc) is 2.56. The van der Waals surface area contributed by atoms with Crippen LogP contribution in [0, 0.1) is 17.3 Å². The van der Waals surface area contributed by atoms with Crippen molar-refractivity contribution in [2.75, 3.05) is 6.61 Å². The highest BCUT2D eigenvalue weighted by Crippen LogP contribution is 2.64. The van der Waals surface area contributed by atoms with Crippen molar-refractivity contribution in [2.24, 2.45) is 17.3 Å². The molecule has 1 amide bonds. The molecule has 0 aromatic heterocycles. The van der Waals surface area contributed by atoms with Crippen LogP contribution in [0.5, 0.6) is 0 Å². The predicted molar refractivity (Wildman–Crippen MR) is 100.0 cm³/mol. The fourth-order valence-electron chi connectivity index (χ4n) is 5.56. The third-order valence-corrected chi connectivity index (χ3v) is 7.00. The highest BCUT2D eigenvalue weighted by atomic mass is 35.5. The molecular formula is C20H23Cl2NO3. The highest BCUT2D eigenvalue weighted by Gasteiger charge is 2.60.